The van der Waals surface area contributed by atoms with Crippen LogP contribution >= 0.6 is 0 Å². The molecule has 1 aromatic heterocycles. The molecule has 1 fully saturated rings. The molecular weight excluding hydrogens is 224 g/mol. The highest BCUT2D eigenvalue weighted by molar-refractivity contribution is 5.09. The summed E-state index contributed by atoms with van der Waals surface area (Å²) in [7, 11) is 0. The number of aliphatic hydroxyl groups is 1. The molecule has 1 atom stereocenters. The van der Waals surface area contributed by atoms with E-state index in [0.717, 1.165) is 18.5 Å². The van der Waals surface area contributed by atoms with E-state index in [0.29, 0.717) is 5.92 Å². The molecule has 1 aliphatic rings. The van der Waals surface area contributed by atoms with Crippen molar-refractivity contribution in [3.63, 3.8) is 0 Å². The monoisotopic (exact) mass is 250 g/mol. The Kier molecular flexibility index (Phi) is 5.24. The molecule has 2 rings (SSSR count). The molecular formula is C15H26N2O. The average Bonchev–Trinajstić information content (AvgIpc) is 2.77. The third kappa shape index (κ3) is 3.58. The molecule has 1 N–H and O–H groups in total. The van der Waals surface area contributed by atoms with Gasteiger partial charge in [0.2, 0.25) is 0 Å². The third-order valence-corrected chi connectivity index (χ3v) is 4.04. The zero-order valence-corrected chi connectivity index (χ0v) is 11.5. The summed E-state index contributed by atoms with van der Waals surface area (Å²) in [6.45, 7) is 3.09. The van der Waals surface area contributed by atoms with E-state index in [2.05, 4.69) is 12.0 Å². The fourth-order valence-corrected chi connectivity index (χ4v) is 2.96. The van der Waals surface area contributed by atoms with Crippen molar-refractivity contribution in [3.05, 3.63) is 18.0 Å². The number of rotatable bonds is 4. The first kappa shape index (κ1) is 13.6. The van der Waals surface area contributed by atoms with Gasteiger partial charge in [-0.25, -0.2) is 0 Å². The van der Waals surface area contributed by atoms with Crippen LogP contribution in [-0.2, 0) is 6.54 Å². The van der Waals surface area contributed by atoms with E-state index in [1.165, 1.54) is 44.9 Å². The zero-order chi connectivity index (χ0) is 12.8. The van der Waals surface area contributed by atoms with E-state index in [9.17, 15) is 5.11 Å². The van der Waals surface area contributed by atoms with E-state index < -0.39 is 0 Å². The smallest absolute Gasteiger partial charge is 0.0848 e. The van der Waals surface area contributed by atoms with Crippen molar-refractivity contribution in [2.45, 2.75) is 70.9 Å². The molecule has 0 aromatic carbocycles. The van der Waals surface area contributed by atoms with Gasteiger partial charge in [0.05, 0.1) is 12.3 Å². The molecule has 3 heteroatoms. The van der Waals surface area contributed by atoms with Crippen molar-refractivity contribution >= 4 is 0 Å². The quantitative estimate of drug-likeness (QED) is 0.885. The normalized spacial score (nSPS) is 20.3. The Balaban J connectivity index is 1.96. The van der Waals surface area contributed by atoms with Crippen molar-refractivity contribution in [2.75, 3.05) is 0 Å². The number of aliphatic hydroxyl groups excluding tert-OH is 1. The second kappa shape index (κ2) is 6.93. The second-order valence-electron chi connectivity index (χ2n) is 5.59. The lowest BCUT2D eigenvalue weighted by atomic mass is 9.85. The Bertz CT molecular complexity index is 340. The first-order valence-corrected chi connectivity index (χ1v) is 7.51. The van der Waals surface area contributed by atoms with Crippen LogP contribution in [0.3, 0.4) is 0 Å². The minimum Gasteiger partial charge on any atom is -0.388 e. The first-order valence-electron chi connectivity index (χ1n) is 7.51. The Labute approximate surface area is 110 Å². The molecule has 0 radical (unpaired) electrons. The Morgan fingerprint density at radius 1 is 1.28 bits per heavy atom. The van der Waals surface area contributed by atoms with E-state index in [1.807, 2.05) is 17.1 Å². The average molecular weight is 250 g/mol. The third-order valence-electron chi connectivity index (χ3n) is 4.04. The summed E-state index contributed by atoms with van der Waals surface area (Å²) in [6.07, 6.45) is 13.5. The maximum Gasteiger partial charge on any atom is 0.0848 e. The summed E-state index contributed by atoms with van der Waals surface area (Å²) >= 11 is 0. The lowest BCUT2D eigenvalue weighted by molar-refractivity contribution is 0.0912. The van der Waals surface area contributed by atoms with E-state index in [-0.39, 0.29) is 6.10 Å². The van der Waals surface area contributed by atoms with Crippen LogP contribution in [0.5, 0.6) is 0 Å². The number of aryl methyl sites for hydroxylation is 1. The Morgan fingerprint density at radius 2 is 1.94 bits per heavy atom. The minimum absolute atomic E-state index is 0.311. The maximum absolute atomic E-state index is 10.5. The van der Waals surface area contributed by atoms with Crippen molar-refractivity contribution < 1.29 is 5.11 Å². The standard InChI is InChI=1S/C15H26N2O/c1-2-10-17-12-14(11-16-17)15(18)13-8-6-4-3-5-7-9-13/h11-13,15,18H,2-10H2,1H3. The molecule has 1 aromatic rings. The molecule has 1 heterocycles. The van der Waals surface area contributed by atoms with E-state index in [1.54, 1.807) is 0 Å². The SMILES string of the molecule is CCCn1cc(C(O)C2CCCCCCC2)cn1. The highest BCUT2D eigenvalue weighted by Crippen LogP contribution is 2.32. The van der Waals surface area contributed by atoms with Crippen LogP contribution < -0.4 is 0 Å². The Hall–Kier alpha value is -0.830. The highest BCUT2D eigenvalue weighted by atomic mass is 16.3. The van der Waals surface area contributed by atoms with Crippen LogP contribution in [0.15, 0.2) is 12.4 Å². The molecule has 1 saturated carbocycles. The molecule has 0 spiro atoms. The van der Waals surface area contributed by atoms with Crippen LogP contribution in [0.25, 0.3) is 0 Å². The summed E-state index contributed by atoms with van der Waals surface area (Å²) < 4.78 is 1.95. The summed E-state index contributed by atoms with van der Waals surface area (Å²) in [6, 6.07) is 0. The van der Waals surface area contributed by atoms with Crippen LogP contribution in [0.4, 0.5) is 0 Å². The van der Waals surface area contributed by atoms with Gasteiger partial charge in [-0.2, -0.15) is 5.10 Å². The highest BCUT2D eigenvalue weighted by Gasteiger charge is 2.22. The van der Waals surface area contributed by atoms with E-state index >= 15 is 0 Å². The molecule has 0 bridgehead atoms. The van der Waals surface area contributed by atoms with Crippen LogP contribution in [0.2, 0.25) is 0 Å². The minimum atomic E-state index is -0.311. The molecule has 1 aliphatic carbocycles. The molecule has 3 nitrogen and oxygen atoms in total. The second-order valence-corrected chi connectivity index (χ2v) is 5.59. The summed E-state index contributed by atoms with van der Waals surface area (Å²) in [5.74, 6) is 0.435. The van der Waals surface area contributed by atoms with Gasteiger partial charge in [0, 0.05) is 18.3 Å². The predicted octanol–water partition coefficient (Wildman–Crippen LogP) is 3.69. The van der Waals surface area contributed by atoms with Gasteiger partial charge in [-0.1, -0.05) is 39.0 Å². The van der Waals surface area contributed by atoms with Crippen LogP contribution in [-0.4, -0.2) is 14.9 Å². The summed E-state index contributed by atoms with van der Waals surface area (Å²) in [5, 5.41) is 14.8. The Morgan fingerprint density at radius 3 is 2.61 bits per heavy atom. The fourth-order valence-electron chi connectivity index (χ4n) is 2.96. The predicted molar refractivity (Wildman–Crippen MR) is 73.3 cm³/mol. The summed E-state index contributed by atoms with van der Waals surface area (Å²) in [4.78, 5) is 0. The largest absolute Gasteiger partial charge is 0.388 e. The van der Waals surface area contributed by atoms with Crippen molar-refractivity contribution in [1.29, 1.82) is 0 Å². The topological polar surface area (TPSA) is 38.0 Å². The van der Waals surface area contributed by atoms with Crippen molar-refractivity contribution in [1.82, 2.24) is 9.78 Å². The first-order chi connectivity index (χ1) is 8.81. The van der Waals surface area contributed by atoms with Gasteiger partial charge in [0.25, 0.3) is 0 Å². The van der Waals surface area contributed by atoms with Gasteiger partial charge in [0.15, 0.2) is 0 Å². The van der Waals surface area contributed by atoms with Crippen LogP contribution in [0, 0.1) is 5.92 Å². The van der Waals surface area contributed by atoms with Gasteiger partial charge >= 0.3 is 0 Å². The van der Waals surface area contributed by atoms with E-state index in [4.69, 9.17) is 0 Å². The molecule has 0 amide bonds. The van der Waals surface area contributed by atoms with Gasteiger partial charge in [-0.05, 0) is 25.2 Å². The molecule has 0 saturated heterocycles. The lowest BCUT2D eigenvalue weighted by Gasteiger charge is -2.24. The number of nitrogens with zero attached hydrogens (tertiary/aromatic N) is 2. The number of aromatic nitrogens is 2. The fraction of sp³-hybridized carbons (Fsp3) is 0.800. The lowest BCUT2D eigenvalue weighted by Crippen LogP contribution is -2.14. The van der Waals surface area contributed by atoms with Crippen molar-refractivity contribution in [2.24, 2.45) is 5.92 Å². The molecule has 0 aliphatic heterocycles. The molecule has 18 heavy (non-hydrogen) atoms. The zero-order valence-electron chi connectivity index (χ0n) is 11.5. The van der Waals surface area contributed by atoms with Crippen molar-refractivity contribution in [3.8, 4) is 0 Å². The molecule has 102 valence electrons. The van der Waals surface area contributed by atoms with Gasteiger partial charge in [0.1, 0.15) is 0 Å². The van der Waals surface area contributed by atoms with Gasteiger partial charge in [-0.15, -0.1) is 0 Å². The maximum atomic E-state index is 10.5. The number of hydrogen-bond acceptors (Lipinski definition) is 2. The molecule has 1 unspecified atom stereocenters. The summed E-state index contributed by atoms with van der Waals surface area (Å²) in [5.41, 5.74) is 1.01. The van der Waals surface area contributed by atoms with Crippen LogP contribution in [0.1, 0.15) is 70.0 Å². The van der Waals surface area contributed by atoms with Gasteiger partial charge < -0.3 is 5.11 Å². The number of hydrogen-bond donors (Lipinski definition) is 1. The van der Waals surface area contributed by atoms with Gasteiger partial charge in [-0.3, -0.25) is 4.68 Å².